The fraction of sp³-hybridized carbons (Fsp3) is 0.286. The molecule has 9 heteroatoms. The fourth-order valence-electron chi connectivity index (χ4n) is 4.82. The first kappa shape index (κ1) is 24.3. The van der Waals surface area contributed by atoms with Crippen molar-refractivity contribution in [2.75, 3.05) is 38.3 Å². The summed E-state index contributed by atoms with van der Waals surface area (Å²) in [5.74, 6) is 2.13. The van der Waals surface area contributed by atoms with Gasteiger partial charge < -0.3 is 33.9 Å². The summed E-state index contributed by atoms with van der Waals surface area (Å²) in [6, 6.07) is 17.4. The smallest absolute Gasteiger partial charge is 0.231 e. The number of nitrogens with one attached hydrogen (secondary N) is 1. The van der Waals surface area contributed by atoms with E-state index in [-0.39, 0.29) is 25.0 Å². The van der Waals surface area contributed by atoms with Crippen LogP contribution >= 0.6 is 0 Å². The van der Waals surface area contributed by atoms with Crippen LogP contribution in [0, 0.1) is 5.92 Å². The van der Waals surface area contributed by atoms with Gasteiger partial charge in [-0.2, -0.15) is 0 Å². The Balaban J connectivity index is 1.53. The van der Waals surface area contributed by atoms with Crippen LogP contribution in [0.1, 0.15) is 24.4 Å². The van der Waals surface area contributed by atoms with Gasteiger partial charge in [-0.3, -0.25) is 9.59 Å². The predicted molar refractivity (Wildman–Crippen MR) is 137 cm³/mol. The Morgan fingerprint density at radius 2 is 1.62 bits per heavy atom. The van der Waals surface area contributed by atoms with Crippen molar-refractivity contribution in [1.29, 1.82) is 0 Å². The first-order valence-electron chi connectivity index (χ1n) is 11.9. The number of hydrogen-bond donors (Lipinski definition) is 1. The molecule has 192 valence electrons. The molecular formula is C28H28N2O7. The zero-order valence-electron chi connectivity index (χ0n) is 20.9. The van der Waals surface area contributed by atoms with Crippen LogP contribution < -0.4 is 33.9 Å². The number of rotatable bonds is 7. The lowest BCUT2D eigenvalue weighted by atomic mass is 9.83. The average Bonchev–Trinajstić information content (AvgIpc) is 3.41. The van der Waals surface area contributed by atoms with E-state index in [0.717, 1.165) is 5.56 Å². The molecule has 37 heavy (non-hydrogen) atoms. The number of ether oxygens (including phenoxy) is 5. The Labute approximate surface area is 214 Å². The lowest BCUT2D eigenvalue weighted by molar-refractivity contribution is -0.125. The standard InChI is InChI=1S/C28H28N2O7/c1-33-19-7-4-17(5-8-19)27-21(28(32)29-22-11-9-20(34-2)15-24(22)35-3)10-13-26(31)30(27)18-6-12-23-25(14-18)37-16-36-23/h4-9,11-12,14-15,21,27H,10,13,16H2,1-3H3,(H,29,32). The Kier molecular flexibility index (Phi) is 6.76. The van der Waals surface area contributed by atoms with Crippen molar-refractivity contribution in [3.8, 4) is 28.7 Å². The van der Waals surface area contributed by atoms with Gasteiger partial charge in [0.05, 0.1) is 39.0 Å². The van der Waals surface area contributed by atoms with Crippen molar-refractivity contribution in [3.05, 3.63) is 66.2 Å². The highest BCUT2D eigenvalue weighted by Crippen LogP contribution is 2.44. The maximum absolute atomic E-state index is 13.8. The molecule has 1 N–H and O–H groups in total. The van der Waals surface area contributed by atoms with Crippen LogP contribution in [-0.2, 0) is 9.59 Å². The molecule has 9 nitrogen and oxygen atoms in total. The van der Waals surface area contributed by atoms with E-state index >= 15 is 0 Å². The molecule has 0 spiro atoms. The summed E-state index contributed by atoms with van der Waals surface area (Å²) in [7, 11) is 4.69. The number of amides is 2. The van der Waals surface area contributed by atoms with Gasteiger partial charge in [0.25, 0.3) is 0 Å². The molecule has 1 fully saturated rings. The van der Waals surface area contributed by atoms with Gasteiger partial charge in [-0.05, 0) is 48.4 Å². The molecule has 2 aliphatic heterocycles. The van der Waals surface area contributed by atoms with Crippen LogP contribution in [0.4, 0.5) is 11.4 Å². The van der Waals surface area contributed by atoms with Crippen molar-refractivity contribution in [3.63, 3.8) is 0 Å². The third kappa shape index (κ3) is 4.72. The summed E-state index contributed by atoms with van der Waals surface area (Å²) >= 11 is 0. The number of nitrogens with zero attached hydrogens (tertiary/aromatic N) is 1. The zero-order valence-corrected chi connectivity index (χ0v) is 20.9. The topological polar surface area (TPSA) is 95.6 Å². The van der Waals surface area contributed by atoms with E-state index in [9.17, 15) is 9.59 Å². The normalized spacial score (nSPS) is 18.4. The Bertz CT molecular complexity index is 1310. The molecule has 0 bridgehead atoms. The maximum Gasteiger partial charge on any atom is 0.231 e. The molecule has 3 aromatic rings. The van der Waals surface area contributed by atoms with Crippen LogP contribution in [0.2, 0.25) is 0 Å². The van der Waals surface area contributed by atoms with Crippen molar-refractivity contribution >= 4 is 23.2 Å². The van der Waals surface area contributed by atoms with Crippen LogP contribution in [0.15, 0.2) is 60.7 Å². The van der Waals surface area contributed by atoms with Crippen LogP contribution in [-0.4, -0.2) is 39.9 Å². The van der Waals surface area contributed by atoms with E-state index < -0.39 is 12.0 Å². The SMILES string of the molecule is COc1ccc(C2C(C(=O)Nc3ccc(OC)cc3OC)CCC(=O)N2c2ccc3c(c2)OCO3)cc1. The lowest BCUT2D eigenvalue weighted by Crippen LogP contribution is -2.47. The van der Waals surface area contributed by atoms with Gasteiger partial charge in [-0.15, -0.1) is 0 Å². The summed E-state index contributed by atoms with van der Waals surface area (Å²) in [5.41, 5.74) is 1.97. The number of hydrogen-bond acceptors (Lipinski definition) is 7. The van der Waals surface area contributed by atoms with E-state index in [2.05, 4.69) is 5.32 Å². The maximum atomic E-state index is 13.8. The fourth-order valence-corrected chi connectivity index (χ4v) is 4.82. The van der Waals surface area contributed by atoms with Crippen molar-refractivity contribution < 1.29 is 33.3 Å². The van der Waals surface area contributed by atoms with Gasteiger partial charge in [0.15, 0.2) is 11.5 Å². The lowest BCUT2D eigenvalue weighted by Gasteiger charge is -2.41. The number of carbonyl (C=O) groups excluding carboxylic acids is 2. The second kappa shape index (κ2) is 10.3. The summed E-state index contributed by atoms with van der Waals surface area (Å²) in [6.45, 7) is 0.128. The Hall–Kier alpha value is -4.40. The first-order valence-corrected chi connectivity index (χ1v) is 11.9. The summed E-state index contributed by atoms with van der Waals surface area (Å²) < 4.78 is 27.1. The average molecular weight is 505 g/mol. The summed E-state index contributed by atoms with van der Waals surface area (Å²) in [5, 5.41) is 3.01. The van der Waals surface area contributed by atoms with Crippen LogP contribution in [0.5, 0.6) is 28.7 Å². The summed E-state index contributed by atoms with van der Waals surface area (Å²) in [6.07, 6.45) is 0.611. The number of piperidine rings is 1. The third-order valence-electron chi connectivity index (χ3n) is 6.69. The molecular weight excluding hydrogens is 476 g/mol. The number of anilines is 2. The van der Waals surface area contributed by atoms with E-state index in [1.54, 1.807) is 49.5 Å². The Morgan fingerprint density at radius 3 is 2.35 bits per heavy atom. The minimum Gasteiger partial charge on any atom is -0.497 e. The first-order chi connectivity index (χ1) is 18.0. The third-order valence-corrected chi connectivity index (χ3v) is 6.69. The minimum absolute atomic E-state index is 0.0780. The molecule has 0 aromatic heterocycles. The van der Waals surface area contributed by atoms with E-state index in [1.807, 2.05) is 30.3 Å². The minimum atomic E-state index is -0.559. The highest BCUT2D eigenvalue weighted by atomic mass is 16.7. The molecule has 2 aliphatic rings. The molecule has 3 aromatic carbocycles. The van der Waals surface area contributed by atoms with E-state index in [0.29, 0.717) is 46.5 Å². The predicted octanol–water partition coefficient (Wildman–Crippen LogP) is 4.56. The van der Waals surface area contributed by atoms with Gasteiger partial charge in [0.1, 0.15) is 17.2 Å². The number of benzene rings is 3. The number of methoxy groups -OCH3 is 3. The second-order valence-electron chi connectivity index (χ2n) is 8.72. The second-order valence-corrected chi connectivity index (χ2v) is 8.72. The molecule has 0 aliphatic carbocycles. The monoisotopic (exact) mass is 504 g/mol. The van der Waals surface area contributed by atoms with Gasteiger partial charge in [0, 0.05) is 24.2 Å². The van der Waals surface area contributed by atoms with Crippen molar-refractivity contribution in [2.24, 2.45) is 5.92 Å². The molecule has 0 saturated carbocycles. The quantitative estimate of drug-likeness (QED) is 0.504. The highest BCUT2D eigenvalue weighted by Gasteiger charge is 2.42. The molecule has 2 unspecified atom stereocenters. The number of fused-ring (bicyclic) bond motifs is 1. The van der Waals surface area contributed by atoms with Gasteiger partial charge >= 0.3 is 0 Å². The number of carbonyl (C=O) groups is 2. The van der Waals surface area contributed by atoms with Crippen LogP contribution in [0.3, 0.4) is 0 Å². The van der Waals surface area contributed by atoms with Gasteiger partial charge in [-0.1, -0.05) is 12.1 Å². The molecule has 0 radical (unpaired) electrons. The van der Waals surface area contributed by atoms with E-state index in [4.69, 9.17) is 23.7 Å². The highest BCUT2D eigenvalue weighted by molar-refractivity contribution is 6.01. The molecule has 2 atom stereocenters. The Morgan fingerprint density at radius 1 is 0.892 bits per heavy atom. The van der Waals surface area contributed by atoms with Gasteiger partial charge in [0.2, 0.25) is 18.6 Å². The van der Waals surface area contributed by atoms with Crippen molar-refractivity contribution in [1.82, 2.24) is 0 Å². The molecule has 1 saturated heterocycles. The van der Waals surface area contributed by atoms with Crippen molar-refractivity contribution in [2.45, 2.75) is 18.9 Å². The molecule has 2 heterocycles. The van der Waals surface area contributed by atoms with Gasteiger partial charge in [-0.25, -0.2) is 0 Å². The molecule has 5 rings (SSSR count). The van der Waals surface area contributed by atoms with E-state index in [1.165, 1.54) is 7.11 Å². The van der Waals surface area contributed by atoms with Crippen LogP contribution in [0.25, 0.3) is 0 Å². The molecule has 2 amide bonds. The largest absolute Gasteiger partial charge is 0.497 e. The summed E-state index contributed by atoms with van der Waals surface area (Å²) in [4.78, 5) is 28.8. The zero-order chi connectivity index (χ0) is 25.9.